The molecular weight excluding hydrogens is 660 g/mol. The Balaban J connectivity index is 1.18. The molecule has 3 heterocycles. The standard InChI is InChI=1S/C34H29BrN2O5S2/c1-16-3-5-17(6-4-16)15-42-24-12-7-18(35)13-21(24)25-26-22-14-23(29(26)43-31-30(25)44-34(40)36-31)28-27(22)32(38)37(33(28)39)19-8-10-20(41-2)11-9-19/h3-13,22-23,25-29H,14-15H2,1-2H3,(H,36,40)/t22?,23?,25-,26?,27?,28?,29?/m1/s1. The minimum Gasteiger partial charge on any atom is -0.497 e. The highest BCUT2D eigenvalue weighted by molar-refractivity contribution is 9.10. The number of thiazole rings is 1. The number of aryl methyl sites for hydroxylation is 1. The lowest BCUT2D eigenvalue weighted by Crippen LogP contribution is -2.42. The highest BCUT2D eigenvalue weighted by Crippen LogP contribution is 2.69. The highest BCUT2D eigenvalue weighted by atomic mass is 79.9. The largest absolute Gasteiger partial charge is 0.497 e. The Morgan fingerprint density at radius 2 is 1.68 bits per heavy atom. The van der Waals surface area contributed by atoms with Crippen LogP contribution in [0.5, 0.6) is 11.5 Å². The van der Waals surface area contributed by atoms with Crippen molar-refractivity contribution in [1.29, 1.82) is 0 Å². The zero-order valence-corrected chi connectivity index (χ0v) is 27.2. The molecule has 2 amide bonds. The summed E-state index contributed by atoms with van der Waals surface area (Å²) in [5.74, 6) is 0.492. The van der Waals surface area contributed by atoms with Crippen molar-refractivity contribution in [3.8, 4) is 11.5 Å². The summed E-state index contributed by atoms with van der Waals surface area (Å²) in [5, 5.41) is 0.976. The molecule has 7 atom stereocenters. The summed E-state index contributed by atoms with van der Waals surface area (Å²) in [6.45, 7) is 2.48. The summed E-state index contributed by atoms with van der Waals surface area (Å²) in [4.78, 5) is 46.2. The van der Waals surface area contributed by atoms with Crippen LogP contribution in [-0.4, -0.2) is 29.2 Å². The molecule has 3 fully saturated rings. The molecule has 8 rings (SSSR count). The third kappa shape index (κ3) is 4.32. The molecule has 3 aromatic carbocycles. The maximum atomic E-state index is 14.1. The molecular formula is C34H29BrN2O5S2. The molecule has 224 valence electrons. The number of halogens is 1. The number of amides is 2. The Morgan fingerprint density at radius 3 is 2.41 bits per heavy atom. The summed E-state index contributed by atoms with van der Waals surface area (Å²) < 4.78 is 12.7. The summed E-state index contributed by atoms with van der Waals surface area (Å²) in [6.07, 6.45) is 0.828. The van der Waals surface area contributed by atoms with Crippen molar-refractivity contribution in [2.75, 3.05) is 12.0 Å². The average molecular weight is 690 g/mol. The molecule has 7 nitrogen and oxygen atoms in total. The van der Waals surface area contributed by atoms with E-state index in [-0.39, 0.29) is 57.4 Å². The number of aromatic nitrogens is 1. The second kappa shape index (κ2) is 10.6. The lowest BCUT2D eigenvalue weighted by molar-refractivity contribution is -0.123. The van der Waals surface area contributed by atoms with Crippen LogP contribution < -0.4 is 19.2 Å². The van der Waals surface area contributed by atoms with Gasteiger partial charge in [0.25, 0.3) is 0 Å². The van der Waals surface area contributed by atoms with Crippen molar-refractivity contribution < 1.29 is 19.1 Å². The Hall–Kier alpha value is -3.34. The SMILES string of the molecule is COc1ccc(N2C(=O)C3C4CC(C3C2=O)C2C4Sc3[nH]c(=O)sc3[C@@H]2c2cc(Br)ccc2OCc2ccc(C)cc2)cc1. The number of fused-ring (bicyclic) bond motifs is 9. The molecule has 10 heteroatoms. The monoisotopic (exact) mass is 688 g/mol. The Morgan fingerprint density at radius 1 is 0.955 bits per heavy atom. The summed E-state index contributed by atoms with van der Waals surface area (Å²) in [6, 6.07) is 21.5. The van der Waals surface area contributed by atoms with Crippen molar-refractivity contribution in [3.63, 3.8) is 0 Å². The van der Waals surface area contributed by atoms with E-state index in [2.05, 4.69) is 58.2 Å². The summed E-state index contributed by atoms with van der Waals surface area (Å²) in [5.41, 5.74) is 3.86. The number of methoxy groups -OCH3 is 1. The van der Waals surface area contributed by atoms with E-state index in [1.807, 2.05) is 12.1 Å². The van der Waals surface area contributed by atoms with Crippen molar-refractivity contribution in [2.45, 2.75) is 36.1 Å². The molecule has 0 radical (unpaired) electrons. The first kappa shape index (κ1) is 28.2. The predicted octanol–water partition coefficient (Wildman–Crippen LogP) is 6.77. The first-order chi connectivity index (χ1) is 21.3. The fourth-order valence-corrected chi connectivity index (χ4v) is 11.3. The number of ether oxygens (including phenoxy) is 2. The number of hydrogen-bond donors (Lipinski definition) is 1. The maximum Gasteiger partial charge on any atom is 0.305 e. The number of benzene rings is 3. The van der Waals surface area contributed by atoms with Crippen LogP contribution in [0.2, 0.25) is 0 Å². The number of hydrogen-bond acceptors (Lipinski definition) is 7. The van der Waals surface area contributed by atoms with E-state index in [1.165, 1.54) is 21.8 Å². The van der Waals surface area contributed by atoms with Gasteiger partial charge >= 0.3 is 4.87 Å². The van der Waals surface area contributed by atoms with Gasteiger partial charge in [-0.05, 0) is 79.1 Å². The Kier molecular flexibility index (Phi) is 6.80. The van der Waals surface area contributed by atoms with E-state index in [1.54, 1.807) is 43.1 Å². The van der Waals surface area contributed by atoms with E-state index >= 15 is 0 Å². The summed E-state index contributed by atoms with van der Waals surface area (Å²) in [7, 11) is 1.59. The first-order valence-electron chi connectivity index (χ1n) is 14.7. The Bertz CT molecular complexity index is 1850. The number of H-pyrrole nitrogens is 1. The van der Waals surface area contributed by atoms with Crippen LogP contribution in [0.3, 0.4) is 0 Å². The van der Waals surface area contributed by atoms with Crippen LogP contribution >= 0.6 is 39.0 Å². The average Bonchev–Trinajstić information content (AvgIpc) is 3.76. The van der Waals surface area contributed by atoms with Crippen LogP contribution in [0.15, 0.2) is 81.0 Å². The van der Waals surface area contributed by atoms with E-state index in [9.17, 15) is 14.4 Å². The van der Waals surface area contributed by atoms with Gasteiger partial charge in [-0.15, -0.1) is 11.8 Å². The van der Waals surface area contributed by atoms with Gasteiger partial charge in [0.15, 0.2) is 0 Å². The van der Waals surface area contributed by atoms with Gasteiger partial charge in [0, 0.05) is 26.1 Å². The van der Waals surface area contributed by atoms with Gasteiger partial charge in [-0.25, -0.2) is 0 Å². The number of carbonyl (C=O) groups is 2. The van der Waals surface area contributed by atoms with Gasteiger partial charge in [-0.1, -0.05) is 57.1 Å². The lowest BCUT2D eigenvalue weighted by atomic mass is 9.68. The third-order valence-electron chi connectivity index (χ3n) is 9.88. The number of nitrogens with zero attached hydrogens (tertiary/aromatic N) is 1. The van der Waals surface area contributed by atoms with E-state index in [4.69, 9.17) is 9.47 Å². The molecule has 1 N–H and O–H groups in total. The molecule has 2 aliphatic carbocycles. The van der Waals surface area contributed by atoms with Crippen molar-refractivity contribution in [1.82, 2.24) is 4.98 Å². The molecule has 44 heavy (non-hydrogen) atoms. The first-order valence-corrected chi connectivity index (χ1v) is 17.2. The minimum atomic E-state index is -0.375. The van der Waals surface area contributed by atoms with Gasteiger partial charge in [-0.3, -0.25) is 19.3 Å². The van der Waals surface area contributed by atoms with Crippen molar-refractivity contribution in [3.05, 3.63) is 102 Å². The number of thioether (sulfide) groups is 1. The molecule has 4 aromatic rings. The second-order valence-corrected chi connectivity index (χ2v) is 15.2. The number of nitrogens with one attached hydrogen (secondary N) is 1. The molecule has 2 aliphatic heterocycles. The number of imide groups is 1. The summed E-state index contributed by atoms with van der Waals surface area (Å²) >= 11 is 6.63. The van der Waals surface area contributed by atoms with E-state index in [0.717, 1.165) is 37.7 Å². The molecule has 1 saturated heterocycles. The third-order valence-corrected chi connectivity index (χ3v) is 13.0. The topological polar surface area (TPSA) is 88.7 Å². The molecule has 0 spiro atoms. The van der Waals surface area contributed by atoms with Gasteiger partial charge in [-0.2, -0.15) is 0 Å². The van der Waals surface area contributed by atoms with Crippen LogP contribution in [0.4, 0.5) is 5.69 Å². The fourth-order valence-electron chi connectivity index (χ4n) is 8.09. The minimum absolute atomic E-state index is 0.0153. The van der Waals surface area contributed by atoms with Crippen LogP contribution in [0.1, 0.15) is 33.9 Å². The molecule has 1 aromatic heterocycles. The number of aromatic amines is 1. The van der Waals surface area contributed by atoms with Gasteiger partial charge in [0.2, 0.25) is 11.8 Å². The normalized spacial score (nSPS) is 28.2. The quantitative estimate of drug-likeness (QED) is 0.225. The van der Waals surface area contributed by atoms with Crippen molar-refractivity contribution >= 4 is 56.5 Å². The zero-order valence-electron chi connectivity index (χ0n) is 24.0. The lowest BCUT2D eigenvalue weighted by Gasteiger charge is -2.43. The van der Waals surface area contributed by atoms with Crippen LogP contribution in [0, 0.1) is 36.5 Å². The van der Waals surface area contributed by atoms with Crippen LogP contribution in [0.25, 0.3) is 0 Å². The Labute approximate surface area is 271 Å². The van der Waals surface area contributed by atoms with E-state index in [0.29, 0.717) is 18.0 Å². The fraction of sp³-hybridized carbons (Fsp3) is 0.324. The van der Waals surface area contributed by atoms with Crippen LogP contribution in [-0.2, 0) is 16.2 Å². The number of anilines is 1. The van der Waals surface area contributed by atoms with Gasteiger partial charge in [0.05, 0.1) is 29.7 Å². The molecule has 4 aliphatic rings. The predicted molar refractivity (Wildman–Crippen MR) is 174 cm³/mol. The smallest absolute Gasteiger partial charge is 0.305 e. The number of rotatable bonds is 6. The molecule has 6 unspecified atom stereocenters. The van der Waals surface area contributed by atoms with E-state index < -0.39 is 0 Å². The van der Waals surface area contributed by atoms with Crippen molar-refractivity contribution in [2.24, 2.45) is 29.6 Å². The zero-order chi connectivity index (χ0) is 30.3. The van der Waals surface area contributed by atoms with Gasteiger partial charge < -0.3 is 14.5 Å². The second-order valence-electron chi connectivity index (χ2n) is 12.1. The number of carbonyl (C=O) groups excluding carboxylic acids is 2. The molecule has 2 bridgehead atoms. The highest BCUT2D eigenvalue weighted by Gasteiger charge is 2.69. The van der Waals surface area contributed by atoms with Gasteiger partial charge in [0.1, 0.15) is 18.1 Å². The molecule has 2 saturated carbocycles. The maximum absolute atomic E-state index is 14.1.